The minimum absolute atomic E-state index is 0.110. The summed E-state index contributed by atoms with van der Waals surface area (Å²) < 4.78 is 0. The van der Waals surface area contributed by atoms with Crippen molar-refractivity contribution in [2.45, 2.75) is 47.0 Å². The SMILES string of the molecule is Cc1cc(Cl)c(C(=O)C2CCCC2(C)C)cc1C. The highest BCUT2D eigenvalue weighted by Gasteiger charge is 2.40. The molecule has 0 radical (unpaired) electrons. The Labute approximate surface area is 115 Å². The first-order valence-corrected chi connectivity index (χ1v) is 7.01. The van der Waals surface area contributed by atoms with E-state index in [1.807, 2.05) is 26.0 Å². The minimum Gasteiger partial charge on any atom is -0.294 e. The van der Waals surface area contributed by atoms with Crippen molar-refractivity contribution >= 4 is 17.4 Å². The number of Topliss-reactive ketones (excluding diaryl/α,β-unsaturated/α-hetero) is 1. The number of ketones is 1. The third-order valence-corrected chi connectivity index (χ3v) is 4.74. The fraction of sp³-hybridized carbons (Fsp3) is 0.562. The van der Waals surface area contributed by atoms with Crippen LogP contribution in [-0.2, 0) is 0 Å². The highest BCUT2D eigenvalue weighted by molar-refractivity contribution is 6.34. The zero-order valence-corrected chi connectivity index (χ0v) is 12.4. The summed E-state index contributed by atoms with van der Waals surface area (Å²) in [7, 11) is 0. The molecule has 1 fully saturated rings. The van der Waals surface area contributed by atoms with Crippen LogP contribution in [-0.4, -0.2) is 5.78 Å². The van der Waals surface area contributed by atoms with Gasteiger partial charge in [-0.05, 0) is 55.4 Å². The second-order valence-electron chi connectivity index (χ2n) is 6.21. The van der Waals surface area contributed by atoms with Gasteiger partial charge in [-0.15, -0.1) is 0 Å². The van der Waals surface area contributed by atoms with Crippen LogP contribution >= 0.6 is 11.6 Å². The second-order valence-corrected chi connectivity index (χ2v) is 6.62. The van der Waals surface area contributed by atoms with Gasteiger partial charge < -0.3 is 0 Å². The molecule has 2 heteroatoms. The first-order valence-electron chi connectivity index (χ1n) is 6.64. The van der Waals surface area contributed by atoms with Gasteiger partial charge in [0.25, 0.3) is 0 Å². The van der Waals surface area contributed by atoms with Crippen LogP contribution in [0.4, 0.5) is 0 Å². The number of carbonyl (C=O) groups is 1. The van der Waals surface area contributed by atoms with Crippen molar-refractivity contribution < 1.29 is 4.79 Å². The quantitative estimate of drug-likeness (QED) is 0.690. The van der Waals surface area contributed by atoms with E-state index >= 15 is 0 Å². The molecule has 1 aliphatic carbocycles. The lowest BCUT2D eigenvalue weighted by Crippen LogP contribution is -2.26. The van der Waals surface area contributed by atoms with Crippen LogP contribution in [0.3, 0.4) is 0 Å². The Kier molecular flexibility index (Phi) is 3.55. The Bertz CT molecular complexity index is 488. The van der Waals surface area contributed by atoms with Crippen LogP contribution in [0.1, 0.15) is 54.6 Å². The molecule has 1 aromatic rings. The largest absolute Gasteiger partial charge is 0.294 e. The average molecular weight is 265 g/mol. The molecule has 1 unspecified atom stereocenters. The summed E-state index contributed by atoms with van der Waals surface area (Å²) in [5.74, 6) is 0.350. The molecular weight excluding hydrogens is 244 g/mol. The standard InChI is InChI=1S/C16H21ClO/c1-10-8-12(14(17)9-11(10)2)15(18)13-6-5-7-16(13,3)4/h8-9,13H,5-7H2,1-4H3. The Morgan fingerprint density at radius 3 is 2.44 bits per heavy atom. The lowest BCUT2D eigenvalue weighted by molar-refractivity contribution is 0.0839. The van der Waals surface area contributed by atoms with E-state index in [-0.39, 0.29) is 17.1 Å². The van der Waals surface area contributed by atoms with Gasteiger partial charge in [-0.3, -0.25) is 4.79 Å². The predicted octanol–water partition coefficient (Wildman–Crippen LogP) is 4.97. The fourth-order valence-electron chi connectivity index (χ4n) is 2.97. The average Bonchev–Trinajstić information content (AvgIpc) is 2.62. The van der Waals surface area contributed by atoms with Gasteiger partial charge in [0.05, 0.1) is 5.02 Å². The molecule has 1 aliphatic rings. The Morgan fingerprint density at radius 2 is 1.89 bits per heavy atom. The van der Waals surface area contributed by atoms with Crippen LogP contribution in [0.15, 0.2) is 12.1 Å². The highest BCUT2D eigenvalue weighted by atomic mass is 35.5. The molecule has 1 aromatic carbocycles. The topological polar surface area (TPSA) is 17.1 Å². The van der Waals surface area contributed by atoms with Crippen LogP contribution < -0.4 is 0 Å². The molecule has 1 saturated carbocycles. The molecule has 1 nitrogen and oxygen atoms in total. The normalized spacial score (nSPS) is 22.2. The lowest BCUT2D eigenvalue weighted by Gasteiger charge is -2.26. The second kappa shape index (κ2) is 4.70. The summed E-state index contributed by atoms with van der Waals surface area (Å²) in [5.41, 5.74) is 3.10. The van der Waals surface area contributed by atoms with Crippen molar-refractivity contribution in [3.05, 3.63) is 33.8 Å². The van der Waals surface area contributed by atoms with Gasteiger partial charge in [0.2, 0.25) is 0 Å². The number of rotatable bonds is 2. The van der Waals surface area contributed by atoms with Crippen molar-refractivity contribution in [3.63, 3.8) is 0 Å². The van der Waals surface area contributed by atoms with Crippen LogP contribution in [0, 0.1) is 25.2 Å². The number of hydrogen-bond acceptors (Lipinski definition) is 1. The van der Waals surface area contributed by atoms with E-state index in [1.54, 1.807) is 0 Å². The maximum absolute atomic E-state index is 12.7. The van der Waals surface area contributed by atoms with Crippen molar-refractivity contribution in [2.75, 3.05) is 0 Å². The van der Waals surface area contributed by atoms with Crippen molar-refractivity contribution in [3.8, 4) is 0 Å². The smallest absolute Gasteiger partial charge is 0.167 e. The number of carbonyl (C=O) groups excluding carboxylic acids is 1. The summed E-state index contributed by atoms with van der Waals surface area (Å²) in [6.45, 7) is 8.44. The number of hydrogen-bond donors (Lipinski definition) is 0. The van der Waals surface area contributed by atoms with E-state index in [2.05, 4.69) is 13.8 Å². The molecule has 1 atom stereocenters. The Balaban J connectivity index is 2.38. The van der Waals surface area contributed by atoms with E-state index in [1.165, 1.54) is 0 Å². The highest BCUT2D eigenvalue weighted by Crippen LogP contribution is 2.44. The molecule has 0 saturated heterocycles. The van der Waals surface area contributed by atoms with Gasteiger partial charge in [-0.25, -0.2) is 0 Å². The van der Waals surface area contributed by atoms with Gasteiger partial charge in [0.15, 0.2) is 5.78 Å². The molecule has 0 aromatic heterocycles. The zero-order chi connectivity index (χ0) is 13.5. The molecule has 0 bridgehead atoms. The van der Waals surface area contributed by atoms with E-state index in [0.29, 0.717) is 10.6 Å². The van der Waals surface area contributed by atoms with E-state index in [4.69, 9.17) is 11.6 Å². The molecule has 0 amide bonds. The minimum atomic E-state index is 0.110. The molecular formula is C16H21ClO. The zero-order valence-electron chi connectivity index (χ0n) is 11.6. The molecule has 2 rings (SSSR count). The van der Waals surface area contributed by atoms with E-state index in [0.717, 1.165) is 30.4 Å². The molecule has 0 heterocycles. The van der Waals surface area contributed by atoms with Crippen LogP contribution in [0.2, 0.25) is 5.02 Å². The van der Waals surface area contributed by atoms with Gasteiger partial charge >= 0.3 is 0 Å². The van der Waals surface area contributed by atoms with Crippen molar-refractivity contribution in [1.29, 1.82) is 0 Å². The fourth-order valence-corrected chi connectivity index (χ4v) is 3.28. The number of aryl methyl sites for hydroxylation is 2. The van der Waals surface area contributed by atoms with E-state index < -0.39 is 0 Å². The Hall–Kier alpha value is -0.820. The van der Waals surface area contributed by atoms with Gasteiger partial charge in [-0.2, -0.15) is 0 Å². The Morgan fingerprint density at radius 1 is 1.28 bits per heavy atom. The molecule has 0 aliphatic heterocycles. The van der Waals surface area contributed by atoms with E-state index in [9.17, 15) is 4.79 Å². The maximum Gasteiger partial charge on any atom is 0.167 e. The van der Waals surface area contributed by atoms with Crippen molar-refractivity contribution in [1.82, 2.24) is 0 Å². The third kappa shape index (κ3) is 2.33. The summed E-state index contributed by atoms with van der Waals surface area (Å²) in [6, 6.07) is 3.86. The first-order chi connectivity index (χ1) is 8.33. The van der Waals surface area contributed by atoms with Crippen LogP contribution in [0.25, 0.3) is 0 Å². The van der Waals surface area contributed by atoms with Crippen molar-refractivity contribution in [2.24, 2.45) is 11.3 Å². The lowest BCUT2D eigenvalue weighted by atomic mass is 9.77. The summed E-state index contributed by atoms with van der Waals surface area (Å²) >= 11 is 6.25. The molecule has 98 valence electrons. The maximum atomic E-state index is 12.7. The van der Waals surface area contributed by atoms with Gasteiger partial charge in [0.1, 0.15) is 0 Å². The summed E-state index contributed by atoms with van der Waals surface area (Å²) in [6.07, 6.45) is 3.27. The summed E-state index contributed by atoms with van der Waals surface area (Å²) in [4.78, 5) is 12.7. The number of benzene rings is 1. The monoisotopic (exact) mass is 264 g/mol. The molecule has 0 spiro atoms. The van der Waals surface area contributed by atoms with Gasteiger partial charge in [0, 0.05) is 11.5 Å². The molecule has 0 N–H and O–H groups in total. The third-order valence-electron chi connectivity index (χ3n) is 4.42. The predicted molar refractivity (Wildman–Crippen MR) is 76.4 cm³/mol. The number of halogens is 1. The van der Waals surface area contributed by atoms with Crippen LogP contribution in [0.5, 0.6) is 0 Å². The first kappa shape index (κ1) is 13.6. The van der Waals surface area contributed by atoms with Gasteiger partial charge in [-0.1, -0.05) is 31.9 Å². The molecule has 18 heavy (non-hydrogen) atoms. The summed E-state index contributed by atoms with van der Waals surface area (Å²) in [5, 5.41) is 0.603.